The van der Waals surface area contributed by atoms with Gasteiger partial charge in [0.15, 0.2) is 0 Å². The Bertz CT molecular complexity index is 772. The Morgan fingerprint density at radius 2 is 1.96 bits per heavy atom. The molecule has 2 bridgehead atoms. The van der Waals surface area contributed by atoms with Crippen molar-refractivity contribution in [2.45, 2.75) is 50.0 Å². The van der Waals surface area contributed by atoms with Crippen LogP contribution in [0.5, 0.6) is 0 Å². The summed E-state index contributed by atoms with van der Waals surface area (Å²) in [6.45, 7) is 1.25. The van der Waals surface area contributed by atoms with Crippen molar-refractivity contribution in [3.8, 4) is 0 Å². The minimum atomic E-state index is 0.430. The molecule has 1 aromatic carbocycles. The normalized spacial score (nSPS) is 31.1. The number of fused-ring (bicyclic) bond motifs is 1. The van der Waals surface area contributed by atoms with Crippen molar-refractivity contribution in [1.82, 2.24) is 9.88 Å². The molecule has 0 unspecified atom stereocenters. The van der Waals surface area contributed by atoms with Gasteiger partial charge >= 0.3 is 0 Å². The van der Waals surface area contributed by atoms with E-state index in [9.17, 15) is 0 Å². The number of anilines is 2. The standard InChI is InChI=1S/C22H27N3/c1-25-13-10-22-9-3-2-4-19(22)21(25)14-16-5-6-18(15-20(16)22)24-17-7-11-23-12-8-17/h5-8,11-12,15,19,21H,2-4,9-10,13-14H2,1H3,(H,23,24)/t19-,21+,22+/m0/s1. The van der Waals surface area contributed by atoms with E-state index in [4.69, 9.17) is 0 Å². The Morgan fingerprint density at radius 3 is 2.84 bits per heavy atom. The molecule has 3 nitrogen and oxygen atoms in total. The fourth-order valence-corrected chi connectivity index (χ4v) is 5.88. The lowest BCUT2D eigenvalue weighted by molar-refractivity contribution is 0.00290. The number of pyridine rings is 1. The zero-order valence-corrected chi connectivity index (χ0v) is 15.0. The first-order chi connectivity index (χ1) is 12.3. The molecule has 3 atom stereocenters. The summed E-state index contributed by atoms with van der Waals surface area (Å²) >= 11 is 0. The van der Waals surface area contributed by atoms with Crippen molar-refractivity contribution in [2.75, 3.05) is 18.9 Å². The van der Waals surface area contributed by atoms with Gasteiger partial charge < -0.3 is 10.2 Å². The van der Waals surface area contributed by atoms with Gasteiger partial charge in [0, 0.05) is 35.2 Å². The van der Waals surface area contributed by atoms with Crippen LogP contribution in [0.1, 0.15) is 43.2 Å². The zero-order chi connectivity index (χ0) is 16.9. The number of likely N-dealkylation sites (N-methyl/N-ethyl adjacent to an activating group) is 1. The fourth-order valence-electron chi connectivity index (χ4n) is 5.88. The quantitative estimate of drug-likeness (QED) is 0.876. The summed E-state index contributed by atoms with van der Waals surface area (Å²) in [5.74, 6) is 0.851. The molecular weight excluding hydrogens is 306 g/mol. The smallest absolute Gasteiger partial charge is 0.0415 e. The summed E-state index contributed by atoms with van der Waals surface area (Å²) in [6.07, 6.45) is 11.9. The van der Waals surface area contributed by atoms with E-state index in [-0.39, 0.29) is 0 Å². The molecule has 1 saturated carbocycles. The highest BCUT2D eigenvalue weighted by atomic mass is 15.1. The summed E-state index contributed by atoms with van der Waals surface area (Å²) in [6, 6.07) is 11.9. The number of nitrogens with zero attached hydrogens (tertiary/aromatic N) is 2. The van der Waals surface area contributed by atoms with Gasteiger partial charge in [-0.05, 0) is 80.6 Å². The van der Waals surface area contributed by atoms with Gasteiger partial charge in [-0.3, -0.25) is 4.98 Å². The van der Waals surface area contributed by atoms with Gasteiger partial charge in [0.1, 0.15) is 0 Å². The molecule has 3 heteroatoms. The van der Waals surface area contributed by atoms with Gasteiger partial charge in [0.25, 0.3) is 0 Å². The maximum atomic E-state index is 4.11. The molecule has 1 aromatic heterocycles. The second-order valence-corrected chi connectivity index (χ2v) is 8.24. The lowest BCUT2D eigenvalue weighted by Gasteiger charge is -2.58. The molecular formula is C22H27N3. The molecule has 2 heterocycles. The first-order valence-electron chi connectivity index (χ1n) is 9.77. The predicted molar refractivity (Wildman–Crippen MR) is 102 cm³/mol. The first kappa shape index (κ1) is 15.4. The van der Waals surface area contributed by atoms with Crippen LogP contribution in [-0.2, 0) is 11.8 Å². The molecule has 2 aliphatic carbocycles. The van der Waals surface area contributed by atoms with Crippen LogP contribution in [0.3, 0.4) is 0 Å². The molecule has 0 radical (unpaired) electrons. The second kappa shape index (κ2) is 5.84. The zero-order valence-electron chi connectivity index (χ0n) is 15.0. The van der Waals surface area contributed by atoms with E-state index in [1.807, 2.05) is 24.5 Å². The highest BCUT2D eigenvalue weighted by Crippen LogP contribution is 2.55. The average molecular weight is 333 g/mol. The summed E-state index contributed by atoms with van der Waals surface area (Å²) in [5.41, 5.74) is 6.01. The summed E-state index contributed by atoms with van der Waals surface area (Å²) in [5, 5.41) is 3.58. The van der Waals surface area contributed by atoms with Crippen molar-refractivity contribution < 1.29 is 0 Å². The molecule has 0 amide bonds. The molecule has 130 valence electrons. The lowest BCUT2D eigenvalue weighted by atomic mass is 9.52. The van der Waals surface area contributed by atoms with Crippen LogP contribution in [0, 0.1) is 5.92 Å². The van der Waals surface area contributed by atoms with Crippen molar-refractivity contribution in [3.05, 3.63) is 53.9 Å². The number of benzene rings is 1. The maximum Gasteiger partial charge on any atom is 0.0415 e. The van der Waals surface area contributed by atoms with Gasteiger partial charge in [-0.2, -0.15) is 0 Å². The minimum absolute atomic E-state index is 0.430. The number of likely N-dealkylation sites (tertiary alicyclic amines) is 1. The summed E-state index contributed by atoms with van der Waals surface area (Å²) in [4.78, 5) is 6.75. The van der Waals surface area contributed by atoms with E-state index in [0.29, 0.717) is 5.41 Å². The van der Waals surface area contributed by atoms with E-state index < -0.39 is 0 Å². The number of hydrogen-bond acceptors (Lipinski definition) is 3. The SMILES string of the molecule is CN1CC[C@]23CCCC[C@H]2[C@H]1Cc1ccc(Nc2ccncc2)cc13. The first-order valence-corrected chi connectivity index (χ1v) is 9.77. The molecule has 5 rings (SSSR count). The number of hydrogen-bond donors (Lipinski definition) is 1. The number of piperidine rings is 1. The van der Waals surface area contributed by atoms with Gasteiger partial charge in [0.2, 0.25) is 0 Å². The molecule has 1 aliphatic heterocycles. The van der Waals surface area contributed by atoms with Crippen LogP contribution in [0.4, 0.5) is 11.4 Å². The van der Waals surface area contributed by atoms with Crippen LogP contribution < -0.4 is 5.32 Å². The second-order valence-electron chi connectivity index (χ2n) is 8.24. The van der Waals surface area contributed by atoms with Crippen LogP contribution >= 0.6 is 0 Å². The van der Waals surface area contributed by atoms with Crippen molar-refractivity contribution >= 4 is 11.4 Å². The largest absolute Gasteiger partial charge is 0.355 e. The number of nitrogens with one attached hydrogen (secondary N) is 1. The summed E-state index contributed by atoms with van der Waals surface area (Å²) < 4.78 is 0. The van der Waals surface area contributed by atoms with Crippen LogP contribution in [-0.4, -0.2) is 29.5 Å². The number of aromatic nitrogens is 1. The third kappa shape index (κ3) is 2.40. The molecule has 2 fully saturated rings. The minimum Gasteiger partial charge on any atom is -0.355 e. The molecule has 1 saturated heterocycles. The predicted octanol–water partition coefficient (Wildman–Crippen LogP) is 4.51. The van der Waals surface area contributed by atoms with Gasteiger partial charge in [0.05, 0.1) is 0 Å². The Labute approximate surface area is 150 Å². The monoisotopic (exact) mass is 333 g/mol. The third-order valence-corrected chi connectivity index (χ3v) is 7.08. The fraction of sp³-hybridized carbons (Fsp3) is 0.500. The van der Waals surface area contributed by atoms with Crippen molar-refractivity contribution in [2.24, 2.45) is 5.92 Å². The molecule has 1 N–H and O–H groups in total. The van der Waals surface area contributed by atoms with Gasteiger partial charge in [-0.1, -0.05) is 18.9 Å². The highest BCUT2D eigenvalue weighted by molar-refractivity contribution is 5.62. The van der Waals surface area contributed by atoms with Gasteiger partial charge in [-0.25, -0.2) is 0 Å². The van der Waals surface area contributed by atoms with Crippen molar-refractivity contribution in [3.63, 3.8) is 0 Å². The number of rotatable bonds is 2. The Hall–Kier alpha value is -1.87. The Kier molecular flexibility index (Phi) is 3.60. The molecule has 2 aromatic rings. The average Bonchev–Trinajstić information content (AvgIpc) is 2.66. The topological polar surface area (TPSA) is 28.2 Å². The van der Waals surface area contributed by atoms with Crippen LogP contribution in [0.25, 0.3) is 0 Å². The van der Waals surface area contributed by atoms with Crippen LogP contribution in [0.2, 0.25) is 0 Å². The summed E-state index contributed by atoms with van der Waals surface area (Å²) in [7, 11) is 2.34. The molecule has 3 aliphatic rings. The van der Waals surface area contributed by atoms with E-state index in [1.54, 1.807) is 11.1 Å². The maximum absolute atomic E-state index is 4.11. The van der Waals surface area contributed by atoms with E-state index in [2.05, 4.69) is 40.4 Å². The van der Waals surface area contributed by atoms with E-state index in [0.717, 1.165) is 17.6 Å². The van der Waals surface area contributed by atoms with E-state index >= 15 is 0 Å². The Balaban J connectivity index is 1.56. The molecule has 25 heavy (non-hydrogen) atoms. The lowest BCUT2D eigenvalue weighted by Crippen LogP contribution is -2.59. The van der Waals surface area contributed by atoms with E-state index in [1.165, 1.54) is 50.8 Å². The Morgan fingerprint density at radius 1 is 1.08 bits per heavy atom. The van der Waals surface area contributed by atoms with Crippen molar-refractivity contribution in [1.29, 1.82) is 0 Å². The highest BCUT2D eigenvalue weighted by Gasteiger charge is 2.52. The van der Waals surface area contributed by atoms with Crippen LogP contribution in [0.15, 0.2) is 42.7 Å². The van der Waals surface area contributed by atoms with Gasteiger partial charge in [-0.15, -0.1) is 0 Å². The third-order valence-electron chi connectivity index (χ3n) is 7.08. The molecule has 0 spiro atoms.